The third kappa shape index (κ3) is 5.05. The minimum absolute atomic E-state index is 0.00313. The Hall–Kier alpha value is -2.37. The molecule has 0 spiro atoms. The summed E-state index contributed by atoms with van der Waals surface area (Å²) in [5.74, 6) is -0.262. The summed E-state index contributed by atoms with van der Waals surface area (Å²) >= 11 is 0. The fourth-order valence-corrected chi connectivity index (χ4v) is 4.12. The SMILES string of the molecule is Cc1cc(=O)c2c(O[C@@H]3O[C@H](CO[C@H]4O[C@H](CO)[C@@H](O)[C@H](O)[C@H]4O)[C@@H](O)[C@H](O)[C@H]3O)cc(O)cc2o1. The lowest BCUT2D eigenvalue weighted by Gasteiger charge is -2.42. The monoisotopic (exact) mass is 516 g/mol. The zero-order valence-electron chi connectivity index (χ0n) is 18.9. The molecule has 14 heteroatoms. The first-order chi connectivity index (χ1) is 17.0. The maximum atomic E-state index is 12.5. The van der Waals surface area contributed by atoms with Crippen LogP contribution in [0.25, 0.3) is 11.0 Å². The van der Waals surface area contributed by atoms with E-state index in [9.17, 15) is 45.6 Å². The highest BCUT2D eigenvalue weighted by Crippen LogP contribution is 2.32. The summed E-state index contributed by atoms with van der Waals surface area (Å²) in [6.45, 7) is 0.298. The van der Waals surface area contributed by atoms with Gasteiger partial charge in [0.2, 0.25) is 6.29 Å². The van der Waals surface area contributed by atoms with E-state index in [2.05, 4.69) is 0 Å². The Labute approximate surface area is 203 Å². The van der Waals surface area contributed by atoms with Gasteiger partial charge < -0.3 is 64.2 Å². The van der Waals surface area contributed by atoms with Gasteiger partial charge in [-0.05, 0) is 6.92 Å². The number of benzene rings is 1. The van der Waals surface area contributed by atoms with Gasteiger partial charge in [-0.25, -0.2) is 0 Å². The van der Waals surface area contributed by atoms with E-state index in [1.165, 1.54) is 19.1 Å². The topological polar surface area (TPSA) is 229 Å². The highest BCUT2D eigenvalue weighted by Gasteiger charge is 2.48. The largest absolute Gasteiger partial charge is 0.508 e. The molecular formula is C22H28O14. The molecule has 2 aliphatic heterocycles. The van der Waals surface area contributed by atoms with Crippen molar-refractivity contribution in [1.82, 2.24) is 0 Å². The summed E-state index contributed by atoms with van der Waals surface area (Å²) in [5.41, 5.74) is -0.500. The Balaban J connectivity index is 1.52. The number of phenols is 1. The number of aliphatic hydroxyl groups excluding tert-OH is 7. The molecule has 0 aliphatic carbocycles. The molecule has 2 aliphatic rings. The quantitative estimate of drug-likeness (QED) is 0.189. The Morgan fingerprint density at radius 1 is 0.833 bits per heavy atom. The lowest BCUT2D eigenvalue weighted by atomic mass is 9.98. The van der Waals surface area contributed by atoms with Crippen molar-refractivity contribution in [2.24, 2.45) is 0 Å². The molecule has 4 rings (SSSR count). The highest BCUT2D eigenvalue weighted by molar-refractivity contribution is 5.85. The summed E-state index contributed by atoms with van der Waals surface area (Å²) in [6.07, 6.45) is -16.1. The highest BCUT2D eigenvalue weighted by atomic mass is 16.7. The van der Waals surface area contributed by atoms with Crippen LogP contribution in [0.5, 0.6) is 11.5 Å². The molecule has 200 valence electrons. The number of rotatable bonds is 6. The summed E-state index contributed by atoms with van der Waals surface area (Å²) in [6, 6.07) is 3.48. The van der Waals surface area contributed by atoms with Crippen LogP contribution in [-0.2, 0) is 14.2 Å². The molecule has 2 fully saturated rings. The van der Waals surface area contributed by atoms with Crippen LogP contribution in [0.4, 0.5) is 0 Å². The van der Waals surface area contributed by atoms with E-state index in [1.54, 1.807) is 0 Å². The number of aliphatic hydroxyl groups is 7. The van der Waals surface area contributed by atoms with Crippen molar-refractivity contribution < 1.29 is 64.2 Å². The number of ether oxygens (including phenoxy) is 4. The second-order valence-corrected chi connectivity index (χ2v) is 8.70. The van der Waals surface area contributed by atoms with Gasteiger partial charge >= 0.3 is 0 Å². The van der Waals surface area contributed by atoms with Crippen LogP contribution in [0.1, 0.15) is 5.76 Å². The van der Waals surface area contributed by atoms with Crippen molar-refractivity contribution in [2.75, 3.05) is 13.2 Å². The van der Waals surface area contributed by atoms with Gasteiger partial charge in [0.05, 0.1) is 13.2 Å². The van der Waals surface area contributed by atoms with Crippen LogP contribution in [0.3, 0.4) is 0 Å². The van der Waals surface area contributed by atoms with Gasteiger partial charge in [-0.1, -0.05) is 0 Å². The third-order valence-corrected chi connectivity index (χ3v) is 6.09. The normalized spacial score (nSPS) is 37.2. The molecule has 3 heterocycles. The summed E-state index contributed by atoms with van der Waals surface area (Å²) < 4.78 is 27.2. The standard InChI is InChI=1S/C22H28O14/c1-7-2-9(25)14-10(33-7)3-8(24)4-11(14)34-22-20(31)18(29)16(27)13(36-22)6-32-21-19(30)17(28)15(26)12(5-23)35-21/h2-4,12-13,15-24,26-31H,5-6H2,1H3/t12-,13-,15-,16-,17+,18+,19-,20-,21+,22-/m1/s1. The molecule has 0 radical (unpaired) electrons. The smallest absolute Gasteiger partial charge is 0.229 e. The molecule has 36 heavy (non-hydrogen) atoms. The van der Waals surface area contributed by atoms with Gasteiger partial charge in [-0.3, -0.25) is 4.79 Å². The molecule has 2 aromatic rings. The van der Waals surface area contributed by atoms with Crippen LogP contribution < -0.4 is 10.2 Å². The molecule has 1 aromatic carbocycles. The van der Waals surface area contributed by atoms with E-state index in [4.69, 9.17) is 23.4 Å². The number of aromatic hydroxyl groups is 1. The first-order valence-corrected chi connectivity index (χ1v) is 11.1. The van der Waals surface area contributed by atoms with Crippen molar-refractivity contribution in [3.63, 3.8) is 0 Å². The molecule has 10 atom stereocenters. The van der Waals surface area contributed by atoms with Crippen molar-refractivity contribution >= 4 is 11.0 Å². The molecule has 0 amide bonds. The average Bonchev–Trinajstić information content (AvgIpc) is 2.82. The third-order valence-electron chi connectivity index (χ3n) is 6.09. The number of phenolic OH excluding ortho intramolecular Hbond substituents is 1. The molecule has 0 bridgehead atoms. The Bertz CT molecular complexity index is 1110. The predicted octanol–water partition coefficient (Wildman–Crippen LogP) is -3.19. The zero-order valence-corrected chi connectivity index (χ0v) is 18.9. The molecule has 0 saturated carbocycles. The van der Waals surface area contributed by atoms with E-state index in [1.807, 2.05) is 0 Å². The fourth-order valence-electron chi connectivity index (χ4n) is 4.12. The van der Waals surface area contributed by atoms with Gasteiger partial charge in [0.25, 0.3) is 0 Å². The van der Waals surface area contributed by atoms with Crippen molar-refractivity contribution in [2.45, 2.75) is 68.3 Å². The molecular weight excluding hydrogens is 488 g/mol. The second kappa shape index (κ2) is 10.5. The average molecular weight is 516 g/mol. The molecule has 8 N–H and O–H groups in total. The lowest BCUT2D eigenvalue weighted by molar-refractivity contribution is -0.323. The van der Waals surface area contributed by atoms with E-state index in [-0.39, 0.29) is 28.2 Å². The minimum atomic E-state index is -1.80. The van der Waals surface area contributed by atoms with Gasteiger partial charge in [0.15, 0.2) is 11.7 Å². The van der Waals surface area contributed by atoms with Crippen LogP contribution in [0, 0.1) is 6.92 Å². The Kier molecular flexibility index (Phi) is 7.82. The maximum Gasteiger partial charge on any atom is 0.229 e. The van der Waals surface area contributed by atoms with E-state index < -0.39 is 80.1 Å². The molecule has 0 unspecified atom stereocenters. The number of hydrogen-bond donors (Lipinski definition) is 8. The van der Waals surface area contributed by atoms with Crippen LogP contribution in [0.15, 0.2) is 27.4 Å². The van der Waals surface area contributed by atoms with E-state index in [0.29, 0.717) is 0 Å². The van der Waals surface area contributed by atoms with Crippen molar-refractivity contribution in [3.8, 4) is 11.5 Å². The number of hydrogen-bond acceptors (Lipinski definition) is 14. The van der Waals surface area contributed by atoms with Gasteiger partial charge in [-0.15, -0.1) is 0 Å². The zero-order chi connectivity index (χ0) is 26.3. The summed E-state index contributed by atoms with van der Waals surface area (Å²) in [4.78, 5) is 12.5. The van der Waals surface area contributed by atoms with Crippen LogP contribution in [0.2, 0.25) is 0 Å². The second-order valence-electron chi connectivity index (χ2n) is 8.70. The minimum Gasteiger partial charge on any atom is -0.508 e. The Morgan fingerprint density at radius 2 is 1.44 bits per heavy atom. The maximum absolute atomic E-state index is 12.5. The molecule has 1 aromatic heterocycles. The predicted molar refractivity (Wildman–Crippen MR) is 116 cm³/mol. The van der Waals surface area contributed by atoms with Gasteiger partial charge in [0.1, 0.15) is 77.1 Å². The fraction of sp³-hybridized carbons (Fsp3) is 0.591. The lowest BCUT2D eigenvalue weighted by Crippen LogP contribution is -2.62. The number of aryl methyl sites for hydroxylation is 1. The summed E-state index contributed by atoms with van der Waals surface area (Å²) in [7, 11) is 0. The van der Waals surface area contributed by atoms with Gasteiger partial charge in [0, 0.05) is 18.2 Å². The van der Waals surface area contributed by atoms with Gasteiger partial charge in [-0.2, -0.15) is 0 Å². The van der Waals surface area contributed by atoms with E-state index in [0.717, 1.165) is 6.07 Å². The first kappa shape index (κ1) is 26.7. The van der Waals surface area contributed by atoms with Crippen molar-refractivity contribution in [1.29, 1.82) is 0 Å². The summed E-state index contributed by atoms with van der Waals surface area (Å²) in [5, 5.41) is 80.2. The number of fused-ring (bicyclic) bond motifs is 1. The van der Waals surface area contributed by atoms with Crippen molar-refractivity contribution in [3.05, 3.63) is 34.2 Å². The Morgan fingerprint density at radius 3 is 2.11 bits per heavy atom. The van der Waals surface area contributed by atoms with Crippen LogP contribution in [-0.4, -0.2) is 115 Å². The molecule has 2 saturated heterocycles. The molecule has 14 nitrogen and oxygen atoms in total. The van der Waals surface area contributed by atoms with E-state index >= 15 is 0 Å². The first-order valence-electron chi connectivity index (χ1n) is 11.1. The van der Waals surface area contributed by atoms with Crippen LogP contribution >= 0.6 is 0 Å².